The molecule has 32 heavy (non-hydrogen) atoms. The van der Waals surface area contributed by atoms with E-state index in [1.807, 2.05) is 0 Å². The van der Waals surface area contributed by atoms with E-state index < -0.39 is 29.3 Å². The Bertz CT molecular complexity index is 1040. The second-order valence-electron chi connectivity index (χ2n) is 7.79. The van der Waals surface area contributed by atoms with Gasteiger partial charge in [0, 0.05) is 17.7 Å². The topological polar surface area (TPSA) is 94.7 Å². The van der Waals surface area contributed by atoms with E-state index in [0.29, 0.717) is 31.9 Å². The lowest BCUT2D eigenvalue weighted by Gasteiger charge is -2.28. The number of amides is 1. The zero-order chi connectivity index (χ0) is 22.7. The number of ether oxygens (including phenoxy) is 2. The predicted molar refractivity (Wildman–Crippen MR) is 111 cm³/mol. The van der Waals surface area contributed by atoms with Crippen LogP contribution in [0.25, 0.3) is 5.76 Å². The number of hydrogen-bond acceptors (Lipinski definition) is 5. The second-order valence-corrected chi connectivity index (χ2v) is 7.79. The Morgan fingerprint density at radius 1 is 1.25 bits per heavy atom. The maximum absolute atomic E-state index is 14.3. The van der Waals surface area contributed by atoms with E-state index in [-0.39, 0.29) is 16.9 Å². The van der Waals surface area contributed by atoms with Crippen molar-refractivity contribution >= 4 is 17.4 Å². The Morgan fingerprint density at radius 2 is 1.97 bits per heavy atom. The molecule has 0 bridgehead atoms. The third kappa shape index (κ3) is 4.21. The maximum Gasteiger partial charge on any atom is 0.295 e. The quantitative estimate of drug-likeness (QED) is 0.372. The van der Waals surface area contributed by atoms with Gasteiger partial charge in [-0.15, -0.1) is 0 Å². The molecule has 0 radical (unpaired) electrons. The van der Waals surface area contributed by atoms with Crippen molar-refractivity contribution in [2.75, 3.05) is 46.5 Å². The summed E-state index contributed by atoms with van der Waals surface area (Å²) in [5.41, 5.74) is 0.728. The number of quaternary nitrogens is 1. The summed E-state index contributed by atoms with van der Waals surface area (Å²) in [5.74, 6) is -2.53. The largest absolute Gasteiger partial charge is 0.507 e. The van der Waals surface area contributed by atoms with Crippen molar-refractivity contribution in [2.45, 2.75) is 6.04 Å². The minimum absolute atomic E-state index is 0.0191. The van der Waals surface area contributed by atoms with Crippen LogP contribution in [0, 0.1) is 5.82 Å². The van der Waals surface area contributed by atoms with Crippen LogP contribution in [0.15, 0.2) is 48.3 Å². The highest BCUT2D eigenvalue weighted by atomic mass is 19.1. The number of halogens is 1. The van der Waals surface area contributed by atoms with Crippen molar-refractivity contribution < 1.29 is 38.4 Å². The number of Topliss-reactive ketones (excluding diaryl/α,β-unsaturated/α-hetero) is 1. The van der Waals surface area contributed by atoms with Crippen molar-refractivity contribution in [3.63, 3.8) is 0 Å². The van der Waals surface area contributed by atoms with Crippen LogP contribution in [0.4, 0.5) is 4.39 Å². The first-order chi connectivity index (χ1) is 15.5. The molecule has 9 heteroatoms. The van der Waals surface area contributed by atoms with Crippen molar-refractivity contribution in [3.05, 3.63) is 65.2 Å². The highest BCUT2D eigenvalue weighted by molar-refractivity contribution is 6.46. The average Bonchev–Trinajstić information content (AvgIpc) is 3.08. The number of morpholine rings is 1. The summed E-state index contributed by atoms with van der Waals surface area (Å²) in [6.45, 7) is 3.99. The molecule has 1 unspecified atom stereocenters. The first-order valence-electron chi connectivity index (χ1n) is 10.5. The number of aromatic nitrogens is 1. The highest BCUT2D eigenvalue weighted by Gasteiger charge is 2.46. The first-order valence-corrected chi connectivity index (χ1v) is 10.5. The summed E-state index contributed by atoms with van der Waals surface area (Å²) in [5, 5.41) is 11.0. The van der Waals surface area contributed by atoms with Crippen molar-refractivity contribution in [1.29, 1.82) is 0 Å². The SMILES string of the molecule is COc1ccc(C(O)=C2C(=O)C(=O)N(CC[NH+]3CCOCC3)C2c2cc[nH+]cc2)cc1F. The lowest BCUT2D eigenvalue weighted by atomic mass is 9.96. The number of pyridine rings is 1. The van der Waals surface area contributed by atoms with Gasteiger partial charge >= 0.3 is 0 Å². The summed E-state index contributed by atoms with van der Waals surface area (Å²) in [4.78, 5) is 31.7. The van der Waals surface area contributed by atoms with Crippen LogP contribution in [0.1, 0.15) is 17.2 Å². The average molecular weight is 443 g/mol. The van der Waals surface area contributed by atoms with Crippen LogP contribution in [0.3, 0.4) is 0 Å². The molecule has 1 aromatic carbocycles. The normalized spacial score (nSPS) is 21.2. The monoisotopic (exact) mass is 443 g/mol. The van der Waals surface area contributed by atoms with Crippen LogP contribution in [0.2, 0.25) is 0 Å². The summed E-state index contributed by atoms with van der Waals surface area (Å²) in [6.07, 6.45) is 3.38. The van der Waals surface area contributed by atoms with Gasteiger partial charge in [0.1, 0.15) is 18.8 Å². The van der Waals surface area contributed by atoms with E-state index in [9.17, 15) is 19.1 Å². The van der Waals surface area contributed by atoms with E-state index in [2.05, 4.69) is 4.98 Å². The van der Waals surface area contributed by atoms with E-state index in [0.717, 1.165) is 19.2 Å². The Hall–Kier alpha value is -3.30. The fraction of sp³-hybridized carbons (Fsp3) is 0.348. The number of likely N-dealkylation sites (tertiary alicyclic amines) is 1. The molecule has 2 aromatic rings. The number of rotatable bonds is 6. The van der Waals surface area contributed by atoms with Gasteiger partial charge in [-0.2, -0.15) is 0 Å². The number of ketones is 1. The number of hydrogen-bond donors (Lipinski definition) is 2. The molecule has 1 atom stereocenters. The number of nitrogens with zero attached hydrogens (tertiary/aromatic N) is 1. The van der Waals surface area contributed by atoms with Gasteiger partial charge in [0.05, 0.1) is 45.0 Å². The Kier molecular flexibility index (Phi) is 6.48. The number of carbonyl (C=O) groups is 2. The molecule has 0 aliphatic carbocycles. The zero-order valence-corrected chi connectivity index (χ0v) is 17.8. The molecule has 3 heterocycles. The van der Waals surface area contributed by atoms with Crippen LogP contribution in [-0.4, -0.2) is 68.2 Å². The number of H-pyrrole nitrogens is 1. The molecule has 0 saturated carbocycles. The minimum Gasteiger partial charge on any atom is -0.507 e. The fourth-order valence-electron chi connectivity index (χ4n) is 4.20. The molecule has 1 amide bonds. The summed E-state index contributed by atoms with van der Waals surface area (Å²) in [7, 11) is 1.34. The molecule has 2 saturated heterocycles. The maximum atomic E-state index is 14.3. The van der Waals surface area contributed by atoms with Gasteiger partial charge < -0.3 is 24.4 Å². The molecule has 0 spiro atoms. The molecule has 2 aliphatic heterocycles. The first kappa shape index (κ1) is 21.9. The molecule has 2 aliphatic rings. The molecule has 2 fully saturated rings. The van der Waals surface area contributed by atoms with Crippen LogP contribution in [0.5, 0.6) is 5.75 Å². The molecule has 4 rings (SSSR count). The standard InChI is InChI=1S/C23H24FN3O5/c1-31-18-3-2-16(14-17(18)24)21(28)19-20(15-4-6-25-7-5-15)27(23(30)22(19)29)9-8-26-10-12-32-13-11-26/h2-7,14,20,28H,8-13H2,1H3/p+2. The summed E-state index contributed by atoms with van der Waals surface area (Å²) in [6, 6.07) is 6.66. The van der Waals surface area contributed by atoms with Crippen LogP contribution in [-0.2, 0) is 14.3 Å². The lowest BCUT2D eigenvalue weighted by molar-refractivity contribution is -0.907. The predicted octanol–water partition coefficient (Wildman–Crippen LogP) is -0.0148. The van der Waals surface area contributed by atoms with Crippen LogP contribution < -0.4 is 14.6 Å². The van der Waals surface area contributed by atoms with E-state index >= 15 is 0 Å². The number of aliphatic hydroxyl groups excluding tert-OH is 1. The third-order valence-corrected chi connectivity index (χ3v) is 5.93. The summed E-state index contributed by atoms with van der Waals surface area (Å²) >= 11 is 0. The van der Waals surface area contributed by atoms with E-state index in [1.165, 1.54) is 29.0 Å². The molecule has 8 nitrogen and oxygen atoms in total. The number of carbonyl (C=O) groups excluding carboxylic acids is 2. The Morgan fingerprint density at radius 3 is 2.62 bits per heavy atom. The van der Waals surface area contributed by atoms with E-state index in [4.69, 9.17) is 9.47 Å². The van der Waals surface area contributed by atoms with Gasteiger partial charge in [0.25, 0.3) is 11.7 Å². The smallest absolute Gasteiger partial charge is 0.295 e. The number of aliphatic hydroxyl groups is 1. The van der Waals surface area contributed by atoms with Gasteiger partial charge in [-0.1, -0.05) is 0 Å². The Balaban J connectivity index is 1.72. The fourth-order valence-corrected chi connectivity index (χ4v) is 4.20. The van der Waals surface area contributed by atoms with Gasteiger partial charge in [0.15, 0.2) is 24.0 Å². The lowest BCUT2D eigenvalue weighted by Crippen LogP contribution is -3.14. The van der Waals surface area contributed by atoms with Gasteiger partial charge in [-0.3, -0.25) is 9.59 Å². The van der Waals surface area contributed by atoms with Gasteiger partial charge in [0.2, 0.25) is 0 Å². The highest BCUT2D eigenvalue weighted by Crippen LogP contribution is 2.39. The number of methoxy groups -OCH3 is 1. The Labute approximate surface area is 184 Å². The molecular formula is C23H26FN3O5+2. The van der Waals surface area contributed by atoms with Crippen LogP contribution >= 0.6 is 0 Å². The van der Waals surface area contributed by atoms with Gasteiger partial charge in [-0.05, 0) is 23.8 Å². The van der Waals surface area contributed by atoms with Crippen molar-refractivity contribution in [3.8, 4) is 5.75 Å². The number of nitrogens with one attached hydrogen (secondary N) is 2. The van der Waals surface area contributed by atoms with Gasteiger partial charge in [-0.25, -0.2) is 9.37 Å². The number of aromatic amines is 1. The number of benzene rings is 1. The zero-order valence-electron chi connectivity index (χ0n) is 17.8. The summed E-state index contributed by atoms with van der Waals surface area (Å²) < 4.78 is 24.6. The van der Waals surface area contributed by atoms with Crippen molar-refractivity contribution in [2.24, 2.45) is 0 Å². The van der Waals surface area contributed by atoms with Crippen molar-refractivity contribution in [1.82, 2.24) is 4.90 Å². The molecule has 1 aromatic heterocycles. The molecular weight excluding hydrogens is 417 g/mol. The second kappa shape index (κ2) is 9.46. The molecule has 168 valence electrons. The minimum atomic E-state index is -0.784. The third-order valence-electron chi connectivity index (χ3n) is 5.93. The molecule has 3 N–H and O–H groups in total. The van der Waals surface area contributed by atoms with E-state index in [1.54, 1.807) is 24.5 Å².